The van der Waals surface area contributed by atoms with Crippen LogP contribution in [0.5, 0.6) is 0 Å². The van der Waals surface area contributed by atoms with Gasteiger partial charge in [-0.1, -0.05) is 0 Å². The Kier molecular flexibility index (Phi) is 1.96. The Labute approximate surface area is 91.7 Å². The zero-order chi connectivity index (χ0) is 11.0. The first-order valence-electron chi connectivity index (χ1n) is 4.98. The quantitative estimate of drug-likeness (QED) is 0.649. The molecule has 0 saturated carbocycles. The molecule has 0 fully saturated rings. The molecule has 3 aromatic heterocycles. The average molecular weight is 214 g/mol. The van der Waals surface area contributed by atoms with Crippen LogP contribution in [0.1, 0.15) is 11.3 Å². The molecule has 5 heteroatoms. The maximum atomic E-state index is 5.04. The Bertz CT molecular complexity index is 612. The molecule has 3 rings (SSSR count). The third-order valence-corrected chi connectivity index (χ3v) is 2.57. The molecule has 0 saturated heterocycles. The Balaban J connectivity index is 2.12. The number of fused-ring (bicyclic) bond motifs is 1. The standard InChI is InChI=1S/C11H10N4O/c1-15-11-9(6-13-15)5-12-14-10(11)4-8-2-3-16-7-8/h2-3,5-7H,4H2,1H3. The summed E-state index contributed by atoms with van der Waals surface area (Å²) in [6.07, 6.45) is 7.60. The van der Waals surface area contributed by atoms with E-state index in [0.717, 1.165) is 22.2 Å². The highest BCUT2D eigenvalue weighted by atomic mass is 16.3. The maximum Gasteiger partial charge on any atom is 0.0938 e. The van der Waals surface area contributed by atoms with Gasteiger partial charge in [0, 0.05) is 18.9 Å². The van der Waals surface area contributed by atoms with Crippen molar-refractivity contribution in [2.45, 2.75) is 6.42 Å². The topological polar surface area (TPSA) is 56.7 Å². The number of rotatable bonds is 2. The Morgan fingerprint density at radius 3 is 3.12 bits per heavy atom. The minimum absolute atomic E-state index is 0.709. The van der Waals surface area contributed by atoms with E-state index in [1.807, 2.05) is 17.8 Å². The molecule has 0 aromatic carbocycles. The van der Waals surface area contributed by atoms with E-state index in [1.165, 1.54) is 0 Å². The molecule has 0 amide bonds. The van der Waals surface area contributed by atoms with Crippen molar-refractivity contribution in [1.82, 2.24) is 20.0 Å². The monoisotopic (exact) mass is 214 g/mol. The molecule has 3 aromatic rings. The van der Waals surface area contributed by atoms with Gasteiger partial charge in [0.1, 0.15) is 0 Å². The van der Waals surface area contributed by atoms with Crippen LogP contribution >= 0.6 is 0 Å². The van der Waals surface area contributed by atoms with Crippen molar-refractivity contribution < 1.29 is 4.42 Å². The van der Waals surface area contributed by atoms with Crippen LogP contribution in [0, 0.1) is 0 Å². The van der Waals surface area contributed by atoms with Crippen LogP contribution in [-0.4, -0.2) is 20.0 Å². The number of hydrogen-bond donors (Lipinski definition) is 0. The van der Waals surface area contributed by atoms with E-state index in [9.17, 15) is 0 Å². The second kappa shape index (κ2) is 3.44. The van der Waals surface area contributed by atoms with Crippen LogP contribution in [0.15, 0.2) is 35.4 Å². The highest BCUT2D eigenvalue weighted by molar-refractivity contribution is 5.79. The minimum Gasteiger partial charge on any atom is -0.472 e. The number of nitrogens with zero attached hydrogens (tertiary/aromatic N) is 4. The molecule has 3 heterocycles. The van der Waals surface area contributed by atoms with Crippen LogP contribution in [0.25, 0.3) is 10.9 Å². The number of aryl methyl sites for hydroxylation is 1. The van der Waals surface area contributed by atoms with Gasteiger partial charge in [-0.05, 0) is 11.6 Å². The first kappa shape index (κ1) is 9.08. The smallest absolute Gasteiger partial charge is 0.0938 e. The summed E-state index contributed by atoms with van der Waals surface area (Å²) in [6.45, 7) is 0. The summed E-state index contributed by atoms with van der Waals surface area (Å²) in [7, 11) is 1.91. The molecule has 0 aliphatic heterocycles. The fourth-order valence-electron chi connectivity index (χ4n) is 1.82. The van der Waals surface area contributed by atoms with Gasteiger partial charge < -0.3 is 4.42 Å². The zero-order valence-electron chi connectivity index (χ0n) is 8.79. The summed E-state index contributed by atoms with van der Waals surface area (Å²) in [5.74, 6) is 0. The van der Waals surface area contributed by atoms with E-state index in [1.54, 1.807) is 24.9 Å². The van der Waals surface area contributed by atoms with Gasteiger partial charge in [0.05, 0.1) is 36.1 Å². The molecular weight excluding hydrogens is 204 g/mol. The van der Waals surface area contributed by atoms with Gasteiger partial charge in [-0.25, -0.2) is 0 Å². The van der Waals surface area contributed by atoms with Gasteiger partial charge in [-0.15, -0.1) is 0 Å². The molecule has 5 nitrogen and oxygen atoms in total. The van der Waals surface area contributed by atoms with Crippen LogP contribution < -0.4 is 0 Å². The highest BCUT2D eigenvalue weighted by Crippen LogP contribution is 2.17. The van der Waals surface area contributed by atoms with Crippen molar-refractivity contribution in [1.29, 1.82) is 0 Å². The lowest BCUT2D eigenvalue weighted by atomic mass is 10.1. The fraction of sp³-hybridized carbons (Fsp3) is 0.182. The van der Waals surface area contributed by atoms with E-state index in [-0.39, 0.29) is 0 Å². The molecule has 16 heavy (non-hydrogen) atoms. The molecule has 0 N–H and O–H groups in total. The van der Waals surface area contributed by atoms with Gasteiger partial charge in [-0.2, -0.15) is 15.3 Å². The van der Waals surface area contributed by atoms with E-state index < -0.39 is 0 Å². The van der Waals surface area contributed by atoms with Gasteiger partial charge >= 0.3 is 0 Å². The van der Waals surface area contributed by atoms with Crippen LogP contribution in [-0.2, 0) is 13.5 Å². The van der Waals surface area contributed by atoms with Crippen molar-refractivity contribution in [3.05, 3.63) is 42.2 Å². The molecule has 80 valence electrons. The van der Waals surface area contributed by atoms with Crippen molar-refractivity contribution in [3.8, 4) is 0 Å². The molecule has 0 unspecified atom stereocenters. The summed E-state index contributed by atoms with van der Waals surface area (Å²) in [5.41, 5.74) is 3.03. The van der Waals surface area contributed by atoms with Crippen molar-refractivity contribution in [2.75, 3.05) is 0 Å². The molecular formula is C11H10N4O. The number of aromatic nitrogens is 4. The number of hydrogen-bond acceptors (Lipinski definition) is 4. The predicted molar refractivity (Wildman–Crippen MR) is 57.8 cm³/mol. The largest absolute Gasteiger partial charge is 0.472 e. The normalized spacial score (nSPS) is 11.1. The zero-order valence-corrected chi connectivity index (χ0v) is 8.79. The average Bonchev–Trinajstić information content (AvgIpc) is 2.90. The SMILES string of the molecule is Cn1ncc2cnnc(Cc3ccoc3)c21. The maximum absolute atomic E-state index is 5.04. The molecule has 0 spiro atoms. The Morgan fingerprint density at radius 1 is 1.38 bits per heavy atom. The molecule has 0 radical (unpaired) electrons. The molecule has 0 bridgehead atoms. The lowest BCUT2D eigenvalue weighted by Crippen LogP contribution is -1.99. The fourth-order valence-corrected chi connectivity index (χ4v) is 1.82. The van der Waals surface area contributed by atoms with Gasteiger partial charge in [0.2, 0.25) is 0 Å². The van der Waals surface area contributed by atoms with E-state index in [4.69, 9.17) is 4.42 Å². The third-order valence-electron chi connectivity index (χ3n) is 2.57. The summed E-state index contributed by atoms with van der Waals surface area (Å²) in [6, 6.07) is 1.93. The predicted octanol–water partition coefficient (Wildman–Crippen LogP) is 1.55. The van der Waals surface area contributed by atoms with Crippen molar-refractivity contribution >= 4 is 10.9 Å². The lowest BCUT2D eigenvalue weighted by molar-refractivity contribution is 0.564. The van der Waals surface area contributed by atoms with Gasteiger partial charge in [-0.3, -0.25) is 4.68 Å². The van der Waals surface area contributed by atoms with Crippen molar-refractivity contribution in [3.63, 3.8) is 0 Å². The van der Waals surface area contributed by atoms with E-state index in [2.05, 4.69) is 15.3 Å². The Hall–Kier alpha value is -2.17. The third kappa shape index (κ3) is 1.37. The summed E-state index contributed by atoms with van der Waals surface area (Å²) in [5, 5.41) is 13.3. The minimum atomic E-state index is 0.709. The first-order chi connectivity index (χ1) is 7.84. The summed E-state index contributed by atoms with van der Waals surface area (Å²) < 4.78 is 6.86. The van der Waals surface area contributed by atoms with Crippen molar-refractivity contribution in [2.24, 2.45) is 7.05 Å². The highest BCUT2D eigenvalue weighted by Gasteiger charge is 2.09. The van der Waals surface area contributed by atoms with E-state index >= 15 is 0 Å². The number of furan rings is 1. The van der Waals surface area contributed by atoms with Gasteiger partial charge in [0.15, 0.2) is 0 Å². The Morgan fingerprint density at radius 2 is 2.31 bits per heavy atom. The molecule has 0 aliphatic carbocycles. The molecule has 0 aliphatic rings. The van der Waals surface area contributed by atoms with Gasteiger partial charge in [0.25, 0.3) is 0 Å². The lowest BCUT2D eigenvalue weighted by Gasteiger charge is -2.01. The van der Waals surface area contributed by atoms with Crippen LogP contribution in [0.2, 0.25) is 0 Å². The van der Waals surface area contributed by atoms with Crippen LogP contribution in [0.4, 0.5) is 0 Å². The second-order valence-electron chi connectivity index (χ2n) is 3.67. The van der Waals surface area contributed by atoms with E-state index in [0.29, 0.717) is 6.42 Å². The summed E-state index contributed by atoms with van der Waals surface area (Å²) >= 11 is 0. The first-order valence-corrected chi connectivity index (χ1v) is 4.98. The van der Waals surface area contributed by atoms with Crippen LogP contribution in [0.3, 0.4) is 0 Å². The summed E-state index contributed by atoms with van der Waals surface area (Å²) in [4.78, 5) is 0. The second-order valence-corrected chi connectivity index (χ2v) is 3.67. The molecule has 0 atom stereocenters.